The lowest BCUT2D eigenvalue weighted by Gasteiger charge is -2.13. The quantitative estimate of drug-likeness (QED) is 0.282. The molecule has 1 unspecified atom stereocenters. The fourth-order valence-corrected chi connectivity index (χ4v) is 2.30. The normalized spacial score (nSPS) is 12.3. The highest BCUT2D eigenvalue weighted by atomic mass is 127. The minimum atomic E-state index is -0.622. The molecule has 0 aliphatic rings. The van der Waals surface area contributed by atoms with Crippen molar-refractivity contribution in [1.82, 2.24) is 15.2 Å². The number of ether oxygens (including phenoxy) is 1. The van der Waals surface area contributed by atoms with Crippen LogP contribution in [-0.2, 0) is 17.9 Å². The van der Waals surface area contributed by atoms with Gasteiger partial charge in [-0.05, 0) is 24.6 Å². The molecule has 0 amide bonds. The molecule has 0 radical (unpaired) electrons. The molecule has 144 valence electrons. The Bertz CT molecular complexity index is 605. The number of aliphatic hydroxyl groups is 1. The molecule has 0 fully saturated rings. The average molecular weight is 472 g/mol. The van der Waals surface area contributed by atoms with Gasteiger partial charge in [0.1, 0.15) is 0 Å². The van der Waals surface area contributed by atoms with Gasteiger partial charge in [0.15, 0.2) is 5.96 Å². The molecule has 0 aliphatic heterocycles. The lowest BCUT2D eigenvalue weighted by atomic mass is 10.2. The second-order valence-electron chi connectivity index (χ2n) is 5.72. The number of nitrogens with one attached hydrogen (secondary N) is 2. The van der Waals surface area contributed by atoms with E-state index < -0.39 is 6.10 Å². The van der Waals surface area contributed by atoms with Crippen LogP contribution in [0.3, 0.4) is 0 Å². The van der Waals surface area contributed by atoms with Crippen molar-refractivity contribution in [2.45, 2.75) is 26.2 Å². The molecule has 1 aromatic heterocycles. The predicted octanol–water partition coefficient (Wildman–Crippen LogP) is 2.24. The zero-order chi connectivity index (χ0) is 17.7. The van der Waals surface area contributed by atoms with Crippen LogP contribution in [0.1, 0.15) is 12.5 Å². The largest absolute Gasteiger partial charge is 0.389 e. The molecule has 6 nitrogen and oxygen atoms in total. The molecular weight excluding hydrogens is 443 g/mol. The van der Waals surface area contributed by atoms with Gasteiger partial charge in [0.05, 0.1) is 25.9 Å². The molecule has 3 N–H and O–H groups in total. The molecule has 2 rings (SSSR count). The summed E-state index contributed by atoms with van der Waals surface area (Å²) in [6, 6.07) is 13.9. The van der Waals surface area contributed by atoms with Crippen molar-refractivity contribution >= 4 is 29.9 Å². The number of aliphatic imine (C=N–C) groups is 1. The highest BCUT2D eigenvalue weighted by Crippen LogP contribution is 2.01. The fraction of sp³-hybridized carbons (Fsp3) is 0.421. The molecule has 2 aromatic rings. The van der Waals surface area contributed by atoms with E-state index in [9.17, 15) is 5.11 Å². The van der Waals surface area contributed by atoms with Crippen LogP contribution in [0.4, 0.5) is 0 Å². The number of aliphatic hydroxyl groups excluding tert-OH is 1. The maximum Gasteiger partial charge on any atom is 0.191 e. The summed E-state index contributed by atoms with van der Waals surface area (Å²) in [7, 11) is 0. The van der Waals surface area contributed by atoms with Crippen LogP contribution in [0.25, 0.3) is 0 Å². The molecule has 0 saturated carbocycles. The number of halogens is 1. The van der Waals surface area contributed by atoms with Crippen molar-refractivity contribution < 1.29 is 9.84 Å². The van der Waals surface area contributed by atoms with Gasteiger partial charge in [-0.1, -0.05) is 30.3 Å². The lowest BCUT2D eigenvalue weighted by Crippen LogP contribution is -2.39. The van der Waals surface area contributed by atoms with Gasteiger partial charge in [-0.3, -0.25) is 4.99 Å². The molecule has 1 aromatic carbocycles. The number of benzene rings is 1. The summed E-state index contributed by atoms with van der Waals surface area (Å²) in [4.78, 5) is 4.41. The van der Waals surface area contributed by atoms with E-state index >= 15 is 0 Å². The maximum atomic E-state index is 10.0. The van der Waals surface area contributed by atoms with Crippen LogP contribution < -0.4 is 10.6 Å². The Morgan fingerprint density at radius 2 is 1.88 bits per heavy atom. The van der Waals surface area contributed by atoms with Crippen LogP contribution in [0.5, 0.6) is 0 Å². The van der Waals surface area contributed by atoms with E-state index in [2.05, 4.69) is 20.2 Å². The van der Waals surface area contributed by atoms with Crippen molar-refractivity contribution in [2.75, 3.05) is 26.2 Å². The van der Waals surface area contributed by atoms with Gasteiger partial charge < -0.3 is 25.0 Å². The Morgan fingerprint density at radius 3 is 2.58 bits per heavy atom. The first-order valence-corrected chi connectivity index (χ1v) is 8.70. The van der Waals surface area contributed by atoms with Gasteiger partial charge >= 0.3 is 0 Å². The van der Waals surface area contributed by atoms with Crippen molar-refractivity contribution in [3.8, 4) is 0 Å². The van der Waals surface area contributed by atoms with Gasteiger partial charge in [-0.25, -0.2) is 0 Å². The van der Waals surface area contributed by atoms with E-state index in [0.717, 1.165) is 25.2 Å². The number of nitrogens with zero attached hydrogens (tertiary/aromatic N) is 2. The summed E-state index contributed by atoms with van der Waals surface area (Å²) in [5, 5.41) is 16.5. The monoisotopic (exact) mass is 472 g/mol. The third kappa shape index (κ3) is 9.21. The predicted molar refractivity (Wildman–Crippen MR) is 116 cm³/mol. The van der Waals surface area contributed by atoms with Gasteiger partial charge in [-0.15, -0.1) is 24.0 Å². The number of aromatic nitrogens is 1. The molecule has 0 spiro atoms. The van der Waals surface area contributed by atoms with Crippen molar-refractivity contribution in [1.29, 1.82) is 0 Å². The SMILES string of the molecule is CCNC(=NCC(O)COCc1ccccc1)NCCn1cccc1.I. The molecule has 0 bridgehead atoms. The van der Waals surface area contributed by atoms with E-state index in [-0.39, 0.29) is 30.6 Å². The van der Waals surface area contributed by atoms with E-state index in [1.54, 1.807) is 0 Å². The first-order chi connectivity index (χ1) is 12.3. The lowest BCUT2D eigenvalue weighted by molar-refractivity contribution is 0.0331. The van der Waals surface area contributed by atoms with Crippen LogP contribution in [0.15, 0.2) is 59.9 Å². The minimum absolute atomic E-state index is 0. The molecule has 0 aliphatic carbocycles. The molecule has 1 atom stereocenters. The number of rotatable bonds is 10. The number of guanidine groups is 1. The molecule has 0 saturated heterocycles. The summed E-state index contributed by atoms with van der Waals surface area (Å²) >= 11 is 0. The first-order valence-electron chi connectivity index (χ1n) is 8.70. The van der Waals surface area contributed by atoms with Gasteiger partial charge in [0.2, 0.25) is 0 Å². The van der Waals surface area contributed by atoms with Crippen molar-refractivity contribution in [3.63, 3.8) is 0 Å². The third-order valence-electron chi connectivity index (χ3n) is 3.55. The minimum Gasteiger partial charge on any atom is -0.389 e. The molecule has 1 heterocycles. The zero-order valence-electron chi connectivity index (χ0n) is 15.2. The van der Waals surface area contributed by atoms with E-state index in [4.69, 9.17) is 4.74 Å². The van der Waals surface area contributed by atoms with Gasteiger partial charge in [0, 0.05) is 32.0 Å². The topological polar surface area (TPSA) is 70.8 Å². The third-order valence-corrected chi connectivity index (χ3v) is 3.55. The van der Waals surface area contributed by atoms with E-state index in [1.807, 2.05) is 61.8 Å². The van der Waals surface area contributed by atoms with E-state index in [1.165, 1.54) is 0 Å². The van der Waals surface area contributed by atoms with Crippen molar-refractivity contribution in [2.24, 2.45) is 4.99 Å². The number of hydrogen-bond acceptors (Lipinski definition) is 3. The van der Waals surface area contributed by atoms with Crippen LogP contribution in [0.2, 0.25) is 0 Å². The van der Waals surface area contributed by atoms with E-state index in [0.29, 0.717) is 19.1 Å². The van der Waals surface area contributed by atoms with Crippen LogP contribution in [0, 0.1) is 0 Å². The molecule has 7 heteroatoms. The highest BCUT2D eigenvalue weighted by molar-refractivity contribution is 14.0. The van der Waals surface area contributed by atoms with Crippen LogP contribution >= 0.6 is 24.0 Å². The van der Waals surface area contributed by atoms with Gasteiger partial charge in [0.25, 0.3) is 0 Å². The Kier molecular flexibility index (Phi) is 11.7. The summed E-state index contributed by atoms with van der Waals surface area (Å²) in [6.45, 7) is 5.48. The Balaban J connectivity index is 0.00000338. The summed E-state index contributed by atoms with van der Waals surface area (Å²) < 4.78 is 7.64. The standard InChI is InChI=1S/C19H28N4O2.HI/c1-2-20-19(21-10-13-23-11-6-7-12-23)22-14-18(24)16-25-15-17-8-4-3-5-9-17;/h3-9,11-12,18,24H,2,10,13-16H2,1H3,(H2,20,21,22);1H. The van der Waals surface area contributed by atoms with Gasteiger partial charge in [-0.2, -0.15) is 0 Å². The smallest absolute Gasteiger partial charge is 0.191 e. The maximum absolute atomic E-state index is 10.0. The fourth-order valence-electron chi connectivity index (χ4n) is 2.30. The average Bonchev–Trinajstić information content (AvgIpc) is 3.14. The Morgan fingerprint density at radius 1 is 1.15 bits per heavy atom. The second-order valence-corrected chi connectivity index (χ2v) is 5.72. The Hall–Kier alpha value is -1.58. The summed E-state index contributed by atoms with van der Waals surface area (Å²) in [5.41, 5.74) is 1.10. The summed E-state index contributed by atoms with van der Waals surface area (Å²) in [5.74, 6) is 0.705. The van der Waals surface area contributed by atoms with Crippen molar-refractivity contribution in [3.05, 3.63) is 60.4 Å². The van der Waals surface area contributed by atoms with Crippen LogP contribution in [-0.4, -0.2) is 48.0 Å². The molecular formula is C19H29IN4O2. The zero-order valence-corrected chi connectivity index (χ0v) is 17.5. The Labute approximate surface area is 172 Å². The second kappa shape index (κ2) is 13.6. The highest BCUT2D eigenvalue weighted by Gasteiger charge is 2.05. The summed E-state index contributed by atoms with van der Waals surface area (Å²) in [6.07, 6.45) is 3.43. The first kappa shape index (κ1) is 22.5. The molecule has 26 heavy (non-hydrogen) atoms. The number of hydrogen-bond donors (Lipinski definition) is 3.